The lowest BCUT2D eigenvalue weighted by molar-refractivity contribution is -0.148. The van der Waals surface area contributed by atoms with E-state index in [1.54, 1.807) is 6.92 Å². The molecule has 0 spiro atoms. The first-order valence-electron chi connectivity index (χ1n) is 4.61. The van der Waals surface area contributed by atoms with Crippen LogP contribution in [0, 0.1) is 11.3 Å². The summed E-state index contributed by atoms with van der Waals surface area (Å²) in [6, 6.07) is 1.69. The van der Waals surface area contributed by atoms with E-state index in [1.807, 2.05) is 6.07 Å². The first kappa shape index (κ1) is 10.7. The molecule has 0 saturated carbocycles. The fourth-order valence-corrected chi connectivity index (χ4v) is 1.33. The SMILES string of the molecule is CC1NCC(=O)N(CCCC#N)C1=O. The van der Waals surface area contributed by atoms with Gasteiger partial charge in [-0.05, 0) is 13.3 Å². The number of piperazine rings is 1. The molecule has 1 atom stereocenters. The number of imide groups is 1. The van der Waals surface area contributed by atoms with Crippen LogP contribution in [0.5, 0.6) is 0 Å². The third kappa shape index (κ3) is 2.30. The molecule has 1 aliphatic rings. The van der Waals surface area contributed by atoms with Crippen LogP contribution in [0.2, 0.25) is 0 Å². The number of rotatable bonds is 3. The maximum Gasteiger partial charge on any atom is 0.246 e. The molecular formula is C9H13N3O2. The van der Waals surface area contributed by atoms with Crippen LogP contribution in [0.25, 0.3) is 0 Å². The first-order chi connectivity index (χ1) is 6.66. The molecule has 0 aromatic rings. The summed E-state index contributed by atoms with van der Waals surface area (Å²) in [7, 11) is 0. The van der Waals surface area contributed by atoms with Crippen LogP contribution in [0.15, 0.2) is 0 Å². The van der Waals surface area contributed by atoms with Crippen LogP contribution in [0.4, 0.5) is 0 Å². The van der Waals surface area contributed by atoms with Crippen molar-refractivity contribution in [2.75, 3.05) is 13.1 Å². The summed E-state index contributed by atoms with van der Waals surface area (Å²) >= 11 is 0. The van der Waals surface area contributed by atoms with E-state index in [4.69, 9.17) is 5.26 Å². The van der Waals surface area contributed by atoms with Crippen molar-refractivity contribution in [3.05, 3.63) is 0 Å². The number of nitrogens with one attached hydrogen (secondary N) is 1. The van der Waals surface area contributed by atoms with Gasteiger partial charge in [0.2, 0.25) is 11.8 Å². The van der Waals surface area contributed by atoms with Crippen LogP contribution >= 0.6 is 0 Å². The summed E-state index contributed by atoms with van der Waals surface area (Å²) in [6.45, 7) is 2.29. The Morgan fingerprint density at radius 2 is 2.36 bits per heavy atom. The van der Waals surface area contributed by atoms with Crippen molar-refractivity contribution in [2.45, 2.75) is 25.8 Å². The molecule has 1 fully saturated rings. The Hall–Kier alpha value is -1.41. The Morgan fingerprint density at radius 3 is 3.00 bits per heavy atom. The van der Waals surface area contributed by atoms with Gasteiger partial charge in [0.1, 0.15) is 0 Å². The van der Waals surface area contributed by atoms with Gasteiger partial charge in [0, 0.05) is 13.0 Å². The summed E-state index contributed by atoms with van der Waals surface area (Å²) < 4.78 is 0. The predicted octanol–water partition coefficient (Wildman–Crippen LogP) is -0.363. The molecule has 0 aliphatic carbocycles. The minimum Gasteiger partial charge on any atom is -0.298 e. The van der Waals surface area contributed by atoms with Gasteiger partial charge in [0.15, 0.2) is 0 Å². The van der Waals surface area contributed by atoms with Crippen molar-refractivity contribution >= 4 is 11.8 Å². The van der Waals surface area contributed by atoms with Crippen LogP contribution in [-0.4, -0.2) is 35.8 Å². The predicted molar refractivity (Wildman–Crippen MR) is 49.0 cm³/mol. The van der Waals surface area contributed by atoms with Gasteiger partial charge in [0.05, 0.1) is 18.7 Å². The highest BCUT2D eigenvalue weighted by Crippen LogP contribution is 2.04. The number of hydrogen-bond donors (Lipinski definition) is 1. The van der Waals surface area contributed by atoms with E-state index in [1.165, 1.54) is 4.90 Å². The summed E-state index contributed by atoms with van der Waals surface area (Å²) in [5.74, 6) is -0.398. The molecular weight excluding hydrogens is 182 g/mol. The van der Waals surface area contributed by atoms with E-state index < -0.39 is 0 Å². The van der Waals surface area contributed by atoms with Gasteiger partial charge in [-0.3, -0.25) is 19.8 Å². The van der Waals surface area contributed by atoms with E-state index in [0.29, 0.717) is 19.4 Å². The third-order valence-electron chi connectivity index (χ3n) is 2.17. The highest BCUT2D eigenvalue weighted by Gasteiger charge is 2.30. The van der Waals surface area contributed by atoms with Gasteiger partial charge in [-0.1, -0.05) is 0 Å². The molecule has 0 bridgehead atoms. The lowest BCUT2D eigenvalue weighted by Crippen LogP contribution is -2.57. The fraction of sp³-hybridized carbons (Fsp3) is 0.667. The minimum absolute atomic E-state index is 0.195. The molecule has 2 amide bonds. The molecule has 76 valence electrons. The standard InChI is InChI=1S/C9H13N3O2/c1-7-9(14)12(5-3-2-4-10)8(13)6-11-7/h7,11H,2-3,5-6H2,1H3. The van der Waals surface area contributed by atoms with Crippen molar-refractivity contribution in [3.8, 4) is 6.07 Å². The number of unbranched alkanes of at least 4 members (excludes halogenated alkanes) is 1. The van der Waals surface area contributed by atoms with Crippen molar-refractivity contribution in [1.29, 1.82) is 5.26 Å². The van der Waals surface area contributed by atoms with E-state index in [2.05, 4.69) is 5.32 Å². The lowest BCUT2D eigenvalue weighted by atomic mass is 10.2. The topological polar surface area (TPSA) is 73.2 Å². The van der Waals surface area contributed by atoms with Crippen molar-refractivity contribution < 1.29 is 9.59 Å². The zero-order chi connectivity index (χ0) is 10.6. The smallest absolute Gasteiger partial charge is 0.246 e. The summed E-state index contributed by atoms with van der Waals surface area (Å²) in [5, 5.41) is 11.1. The molecule has 1 heterocycles. The lowest BCUT2D eigenvalue weighted by Gasteiger charge is -2.29. The van der Waals surface area contributed by atoms with E-state index >= 15 is 0 Å². The molecule has 1 saturated heterocycles. The average Bonchev–Trinajstić information content (AvgIpc) is 2.18. The van der Waals surface area contributed by atoms with E-state index in [0.717, 1.165) is 0 Å². The van der Waals surface area contributed by atoms with E-state index in [-0.39, 0.29) is 24.4 Å². The van der Waals surface area contributed by atoms with Crippen molar-refractivity contribution in [1.82, 2.24) is 10.2 Å². The van der Waals surface area contributed by atoms with Crippen molar-refractivity contribution in [2.24, 2.45) is 0 Å². The van der Waals surface area contributed by atoms with Crippen LogP contribution in [0.3, 0.4) is 0 Å². The molecule has 0 aromatic carbocycles. The average molecular weight is 195 g/mol. The summed E-state index contributed by atoms with van der Waals surface area (Å²) in [6.07, 6.45) is 0.930. The Labute approximate surface area is 82.7 Å². The Morgan fingerprint density at radius 1 is 1.64 bits per heavy atom. The maximum atomic E-state index is 11.5. The zero-order valence-corrected chi connectivity index (χ0v) is 8.12. The molecule has 1 N–H and O–H groups in total. The summed E-state index contributed by atoms with van der Waals surface area (Å²) in [5.41, 5.74) is 0. The number of nitrogens with zero attached hydrogens (tertiary/aromatic N) is 2. The van der Waals surface area contributed by atoms with Gasteiger partial charge in [0.25, 0.3) is 0 Å². The Kier molecular flexibility index (Phi) is 3.60. The van der Waals surface area contributed by atoms with E-state index in [9.17, 15) is 9.59 Å². The summed E-state index contributed by atoms with van der Waals surface area (Å²) in [4.78, 5) is 24.0. The van der Waals surface area contributed by atoms with Crippen molar-refractivity contribution in [3.63, 3.8) is 0 Å². The molecule has 5 nitrogen and oxygen atoms in total. The third-order valence-corrected chi connectivity index (χ3v) is 2.17. The normalized spacial score (nSPS) is 22.3. The van der Waals surface area contributed by atoms with Gasteiger partial charge in [-0.2, -0.15) is 5.26 Å². The highest BCUT2D eigenvalue weighted by molar-refractivity contribution is 6.00. The molecule has 1 rings (SSSR count). The molecule has 0 radical (unpaired) electrons. The number of carbonyl (C=O) groups is 2. The molecule has 14 heavy (non-hydrogen) atoms. The van der Waals surface area contributed by atoms with Gasteiger partial charge in [-0.25, -0.2) is 0 Å². The van der Waals surface area contributed by atoms with Crippen LogP contribution < -0.4 is 5.32 Å². The number of amides is 2. The van der Waals surface area contributed by atoms with Gasteiger partial charge in [-0.15, -0.1) is 0 Å². The second kappa shape index (κ2) is 4.72. The van der Waals surface area contributed by atoms with Crippen LogP contribution in [0.1, 0.15) is 19.8 Å². The van der Waals surface area contributed by atoms with Crippen LogP contribution in [-0.2, 0) is 9.59 Å². The largest absolute Gasteiger partial charge is 0.298 e. The molecule has 1 unspecified atom stereocenters. The molecule has 1 aliphatic heterocycles. The fourth-order valence-electron chi connectivity index (χ4n) is 1.33. The molecule has 5 heteroatoms. The highest BCUT2D eigenvalue weighted by atomic mass is 16.2. The Bertz CT molecular complexity index is 282. The number of hydrogen-bond acceptors (Lipinski definition) is 4. The minimum atomic E-state index is -0.296. The second-order valence-corrected chi connectivity index (χ2v) is 3.25. The zero-order valence-electron chi connectivity index (χ0n) is 8.12. The molecule has 0 aromatic heterocycles. The Balaban J connectivity index is 2.51. The number of nitriles is 1. The van der Waals surface area contributed by atoms with Gasteiger partial charge < -0.3 is 0 Å². The monoisotopic (exact) mass is 195 g/mol. The first-order valence-corrected chi connectivity index (χ1v) is 4.61. The number of carbonyl (C=O) groups excluding carboxylic acids is 2. The van der Waals surface area contributed by atoms with Gasteiger partial charge >= 0.3 is 0 Å². The quantitative estimate of drug-likeness (QED) is 0.493. The maximum absolute atomic E-state index is 11.5. The second-order valence-electron chi connectivity index (χ2n) is 3.25.